The van der Waals surface area contributed by atoms with Crippen LogP contribution in [0.25, 0.3) is 10.8 Å². The Labute approximate surface area is 128 Å². The molecule has 3 nitrogen and oxygen atoms in total. The van der Waals surface area contributed by atoms with Crippen LogP contribution in [0.4, 0.5) is 5.69 Å². The summed E-state index contributed by atoms with van der Waals surface area (Å²) >= 11 is 0. The zero-order valence-corrected chi connectivity index (χ0v) is 14.0. The lowest BCUT2D eigenvalue weighted by Gasteiger charge is -2.12. The molecule has 2 aromatic rings. The first kappa shape index (κ1) is 17.3. The third-order valence-electron chi connectivity index (χ3n) is 3.35. The van der Waals surface area contributed by atoms with Crippen molar-refractivity contribution in [1.82, 2.24) is 0 Å². The van der Waals surface area contributed by atoms with Crippen LogP contribution in [-0.2, 0) is 11.2 Å². The molecule has 0 bridgehead atoms. The smallest absolute Gasteiger partial charge is 0.128 e. The van der Waals surface area contributed by atoms with E-state index in [1.54, 1.807) is 21.3 Å². The van der Waals surface area contributed by atoms with E-state index in [4.69, 9.17) is 4.74 Å². The Balaban J connectivity index is 0.000000395. The van der Waals surface area contributed by atoms with E-state index < -0.39 is 0 Å². The number of benzene rings is 2. The highest BCUT2D eigenvalue weighted by molar-refractivity contribution is 5.98. The third-order valence-corrected chi connectivity index (χ3v) is 3.35. The molecule has 0 atom stereocenters. The second kappa shape index (κ2) is 8.53. The van der Waals surface area contributed by atoms with Crippen molar-refractivity contribution in [2.45, 2.75) is 27.2 Å². The molecular formula is C18H27NO2. The Bertz CT molecular complexity index is 579. The summed E-state index contributed by atoms with van der Waals surface area (Å²) in [4.78, 5) is 0. The van der Waals surface area contributed by atoms with Gasteiger partial charge in [-0.3, -0.25) is 0 Å². The van der Waals surface area contributed by atoms with Crippen LogP contribution in [-0.4, -0.2) is 27.9 Å². The van der Waals surface area contributed by atoms with E-state index in [0.29, 0.717) is 0 Å². The Morgan fingerprint density at radius 3 is 2.38 bits per heavy atom. The topological polar surface area (TPSA) is 30.5 Å². The summed E-state index contributed by atoms with van der Waals surface area (Å²) < 4.78 is 9.72. The van der Waals surface area contributed by atoms with Crippen molar-refractivity contribution in [2.24, 2.45) is 0 Å². The Morgan fingerprint density at radius 1 is 1.10 bits per heavy atom. The fraction of sp³-hybridized carbons (Fsp3) is 0.444. The molecule has 3 rings (SSSR count). The summed E-state index contributed by atoms with van der Waals surface area (Å²) in [6.07, 6.45) is 1.11. The SMILES string of the molecule is CC.COC.COc1cc2c(c3c(C)cccc13)CCN2. The average molecular weight is 289 g/mol. The molecular weight excluding hydrogens is 262 g/mol. The maximum absolute atomic E-state index is 5.47. The van der Waals surface area contributed by atoms with Gasteiger partial charge in [0.15, 0.2) is 0 Å². The second-order valence-corrected chi connectivity index (χ2v) is 4.69. The number of hydrogen-bond acceptors (Lipinski definition) is 3. The van der Waals surface area contributed by atoms with Crippen molar-refractivity contribution in [2.75, 3.05) is 33.2 Å². The van der Waals surface area contributed by atoms with Crippen LogP contribution in [0.3, 0.4) is 0 Å². The van der Waals surface area contributed by atoms with E-state index in [-0.39, 0.29) is 0 Å². The molecule has 116 valence electrons. The summed E-state index contributed by atoms with van der Waals surface area (Å²) in [6, 6.07) is 8.51. The lowest BCUT2D eigenvalue weighted by Crippen LogP contribution is -1.92. The second-order valence-electron chi connectivity index (χ2n) is 4.69. The molecule has 1 aliphatic heterocycles. The number of fused-ring (bicyclic) bond motifs is 3. The number of aryl methyl sites for hydroxylation is 1. The highest BCUT2D eigenvalue weighted by atomic mass is 16.5. The summed E-state index contributed by atoms with van der Waals surface area (Å²) in [6.45, 7) is 7.20. The summed E-state index contributed by atoms with van der Waals surface area (Å²) in [5.41, 5.74) is 4.00. The first-order valence-corrected chi connectivity index (χ1v) is 7.46. The van der Waals surface area contributed by atoms with E-state index >= 15 is 0 Å². The van der Waals surface area contributed by atoms with Gasteiger partial charge in [-0.25, -0.2) is 0 Å². The van der Waals surface area contributed by atoms with Gasteiger partial charge in [0.05, 0.1) is 7.11 Å². The minimum Gasteiger partial charge on any atom is -0.496 e. The maximum Gasteiger partial charge on any atom is 0.128 e. The van der Waals surface area contributed by atoms with Crippen LogP contribution in [0.1, 0.15) is 25.0 Å². The van der Waals surface area contributed by atoms with E-state index in [2.05, 4.69) is 41.2 Å². The van der Waals surface area contributed by atoms with Crippen LogP contribution < -0.4 is 10.1 Å². The molecule has 0 aromatic heterocycles. The third kappa shape index (κ3) is 3.67. The lowest BCUT2D eigenvalue weighted by atomic mass is 9.97. The van der Waals surface area contributed by atoms with Crippen molar-refractivity contribution in [3.8, 4) is 5.75 Å². The molecule has 0 fully saturated rings. The van der Waals surface area contributed by atoms with Crippen molar-refractivity contribution in [3.63, 3.8) is 0 Å². The lowest BCUT2D eigenvalue weighted by molar-refractivity contribution is 0.277. The molecule has 1 aliphatic rings. The average Bonchev–Trinajstić information content (AvgIpc) is 2.97. The van der Waals surface area contributed by atoms with Crippen molar-refractivity contribution in [1.29, 1.82) is 0 Å². The van der Waals surface area contributed by atoms with E-state index in [1.165, 1.54) is 27.6 Å². The quantitative estimate of drug-likeness (QED) is 0.843. The van der Waals surface area contributed by atoms with Crippen LogP contribution in [0.15, 0.2) is 24.3 Å². The highest BCUT2D eigenvalue weighted by Crippen LogP contribution is 2.38. The number of methoxy groups -OCH3 is 2. The van der Waals surface area contributed by atoms with Crippen LogP contribution in [0, 0.1) is 6.92 Å². The van der Waals surface area contributed by atoms with Crippen LogP contribution >= 0.6 is 0 Å². The van der Waals surface area contributed by atoms with Gasteiger partial charge in [0, 0.05) is 37.9 Å². The molecule has 0 unspecified atom stereocenters. The zero-order chi connectivity index (χ0) is 15.8. The molecule has 21 heavy (non-hydrogen) atoms. The monoisotopic (exact) mass is 289 g/mol. The molecule has 2 aromatic carbocycles. The van der Waals surface area contributed by atoms with E-state index in [0.717, 1.165) is 18.7 Å². The number of ether oxygens (including phenoxy) is 2. The van der Waals surface area contributed by atoms with Gasteiger partial charge in [0.1, 0.15) is 5.75 Å². The Kier molecular flexibility index (Phi) is 7.03. The molecule has 1 N–H and O–H groups in total. The first-order chi connectivity index (χ1) is 10.2. The summed E-state index contributed by atoms with van der Waals surface area (Å²) in [5.74, 6) is 0.965. The Hall–Kier alpha value is -1.74. The van der Waals surface area contributed by atoms with Crippen molar-refractivity contribution in [3.05, 3.63) is 35.4 Å². The fourth-order valence-electron chi connectivity index (χ4n) is 2.61. The van der Waals surface area contributed by atoms with Gasteiger partial charge in [-0.05, 0) is 29.9 Å². The number of nitrogens with one attached hydrogen (secondary N) is 1. The summed E-state index contributed by atoms with van der Waals surface area (Å²) in [5, 5.41) is 6.00. The molecule has 0 radical (unpaired) electrons. The van der Waals surface area contributed by atoms with E-state index in [1.807, 2.05) is 13.8 Å². The maximum atomic E-state index is 5.47. The van der Waals surface area contributed by atoms with Crippen LogP contribution in [0.5, 0.6) is 5.75 Å². The Morgan fingerprint density at radius 2 is 1.76 bits per heavy atom. The number of rotatable bonds is 1. The van der Waals surface area contributed by atoms with Gasteiger partial charge >= 0.3 is 0 Å². The van der Waals surface area contributed by atoms with Gasteiger partial charge in [-0.1, -0.05) is 32.0 Å². The van der Waals surface area contributed by atoms with Gasteiger partial charge < -0.3 is 14.8 Å². The van der Waals surface area contributed by atoms with Crippen molar-refractivity contribution >= 4 is 16.5 Å². The van der Waals surface area contributed by atoms with Gasteiger partial charge in [-0.2, -0.15) is 0 Å². The predicted octanol–water partition coefficient (Wildman–Crippen LogP) is 4.41. The molecule has 0 saturated heterocycles. The zero-order valence-electron chi connectivity index (χ0n) is 14.0. The summed E-state index contributed by atoms with van der Waals surface area (Å²) in [7, 11) is 4.98. The standard InChI is InChI=1S/C14H15NO.C2H6O.C2H6/c1-9-4-3-5-11-13(16-2)8-12-10(14(9)11)6-7-15-12;1-3-2;1-2/h3-5,8,15H,6-7H2,1-2H3;1-2H3;1-2H3. The normalized spacial score (nSPS) is 11.5. The first-order valence-electron chi connectivity index (χ1n) is 7.46. The number of anilines is 1. The molecule has 3 heteroatoms. The molecule has 0 amide bonds. The van der Waals surface area contributed by atoms with Crippen molar-refractivity contribution < 1.29 is 9.47 Å². The van der Waals surface area contributed by atoms with Gasteiger partial charge in [0.2, 0.25) is 0 Å². The molecule has 1 heterocycles. The fourth-order valence-corrected chi connectivity index (χ4v) is 2.61. The molecule has 0 aliphatic carbocycles. The van der Waals surface area contributed by atoms with Gasteiger partial charge in [0.25, 0.3) is 0 Å². The number of hydrogen-bond donors (Lipinski definition) is 1. The predicted molar refractivity (Wildman–Crippen MR) is 91.7 cm³/mol. The van der Waals surface area contributed by atoms with Crippen LogP contribution in [0.2, 0.25) is 0 Å². The minimum absolute atomic E-state index is 0.965. The molecule has 0 spiro atoms. The molecule has 0 saturated carbocycles. The van der Waals surface area contributed by atoms with E-state index in [9.17, 15) is 0 Å². The largest absolute Gasteiger partial charge is 0.496 e. The van der Waals surface area contributed by atoms with Gasteiger partial charge in [-0.15, -0.1) is 0 Å². The highest BCUT2D eigenvalue weighted by Gasteiger charge is 2.17. The minimum atomic E-state index is 0.965.